The van der Waals surface area contributed by atoms with E-state index in [2.05, 4.69) is 30.5 Å². The van der Waals surface area contributed by atoms with E-state index >= 15 is 0 Å². The molecule has 3 rings (SSSR count). The van der Waals surface area contributed by atoms with Crippen molar-refractivity contribution in [1.29, 1.82) is 0 Å². The molecule has 21 heavy (non-hydrogen) atoms. The molecular weight excluding hydrogens is 288 g/mol. The molecule has 2 aliphatic heterocycles. The van der Waals surface area contributed by atoms with Gasteiger partial charge in [0.1, 0.15) is 5.75 Å². The summed E-state index contributed by atoms with van der Waals surface area (Å²) in [4.78, 5) is 12.2. The van der Waals surface area contributed by atoms with Crippen LogP contribution >= 0.6 is 12.4 Å². The Morgan fingerprint density at radius 1 is 1.38 bits per heavy atom. The number of halogens is 1. The van der Waals surface area contributed by atoms with Crippen LogP contribution < -0.4 is 15.4 Å². The van der Waals surface area contributed by atoms with Crippen molar-refractivity contribution >= 4 is 18.3 Å². The van der Waals surface area contributed by atoms with Gasteiger partial charge in [-0.05, 0) is 56.0 Å². The lowest BCUT2D eigenvalue weighted by molar-refractivity contribution is -0.127. The normalized spacial score (nSPS) is 23.1. The number of aryl methyl sites for hydroxylation is 2. The predicted molar refractivity (Wildman–Crippen MR) is 85.3 cm³/mol. The van der Waals surface area contributed by atoms with Crippen LogP contribution in [0.2, 0.25) is 0 Å². The van der Waals surface area contributed by atoms with Gasteiger partial charge in [0.2, 0.25) is 0 Å². The lowest BCUT2D eigenvalue weighted by Gasteiger charge is -2.14. The smallest absolute Gasteiger partial charge is 0.261 e. The van der Waals surface area contributed by atoms with Crippen molar-refractivity contribution < 1.29 is 9.53 Å². The van der Waals surface area contributed by atoms with E-state index in [-0.39, 0.29) is 24.4 Å². The number of benzene rings is 1. The Bertz CT molecular complexity index is 496. The van der Waals surface area contributed by atoms with E-state index in [1.165, 1.54) is 17.5 Å². The van der Waals surface area contributed by atoms with Crippen LogP contribution in [0.4, 0.5) is 0 Å². The molecule has 1 saturated heterocycles. The molecule has 4 nitrogen and oxygen atoms in total. The molecule has 2 atom stereocenters. The number of hydrogen-bond acceptors (Lipinski definition) is 3. The van der Waals surface area contributed by atoms with E-state index in [9.17, 15) is 4.79 Å². The summed E-state index contributed by atoms with van der Waals surface area (Å²) in [6.45, 7) is 5.92. The maximum Gasteiger partial charge on any atom is 0.261 e. The molecule has 1 aromatic rings. The number of hydrogen-bond donors (Lipinski definition) is 2. The topological polar surface area (TPSA) is 50.4 Å². The molecule has 1 fully saturated rings. The molecule has 1 amide bonds. The van der Waals surface area contributed by atoms with E-state index in [0.717, 1.165) is 24.3 Å². The van der Waals surface area contributed by atoms with Crippen molar-refractivity contribution in [2.75, 3.05) is 13.1 Å². The first-order valence-electron chi connectivity index (χ1n) is 7.41. The first kappa shape index (κ1) is 16.1. The Hall–Kier alpha value is -1.26. The molecule has 0 bridgehead atoms. The van der Waals surface area contributed by atoms with Gasteiger partial charge in [0, 0.05) is 19.0 Å². The third-order valence-electron chi connectivity index (χ3n) is 4.33. The van der Waals surface area contributed by atoms with Gasteiger partial charge in [-0.3, -0.25) is 4.79 Å². The SMILES string of the molecule is Cc1cc2c(cc1C)OC(C(=O)NCC1CCCN1)C2.Cl. The molecule has 0 radical (unpaired) electrons. The standard InChI is InChI=1S/C16H22N2O2.ClH/c1-10-6-12-8-15(20-14(12)7-11(10)2)16(19)18-9-13-4-3-5-17-13;/h6-7,13,15,17H,3-5,8-9H2,1-2H3,(H,18,19);1H. The molecule has 0 saturated carbocycles. The van der Waals surface area contributed by atoms with Gasteiger partial charge >= 0.3 is 0 Å². The summed E-state index contributed by atoms with van der Waals surface area (Å²) >= 11 is 0. The molecular formula is C16H23ClN2O2. The maximum atomic E-state index is 12.2. The Morgan fingerprint density at radius 3 is 2.86 bits per heavy atom. The molecule has 0 spiro atoms. The van der Waals surface area contributed by atoms with Crippen LogP contribution in [-0.4, -0.2) is 31.1 Å². The van der Waals surface area contributed by atoms with Crippen molar-refractivity contribution in [1.82, 2.24) is 10.6 Å². The molecule has 2 unspecified atom stereocenters. The zero-order valence-electron chi connectivity index (χ0n) is 12.6. The highest BCUT2D eigenvalue weighted by molar-refractivity contribution is 5.85. The van der Waals surface area contributed by atoms with Crippen LogP contribution in [-0.2, 0) is 11.2 Å². The Balaban J connectivity index is 0.00000161. The zero-order valence-corrected chi connectivity index (χ0v) is 13.4. The van der Waals surface area contributed by atoms with Gasteiger partial charge in [0.05, 0.1) is 0 Å². The Kier molecular flexibility index (Phi) is 5.12. The van der Waals surface area contributed by atoms with Crippen LogP contribution in [0.1, 0.15) is 29.5 Å². The average Bonchev–Trinajstić information content (AvgIpc) is 3.05. The van der Waals surface area contributed by atoms with Crippen molar-refractivity contribution in [2.45, 2.75) is 45.3 Å². The van der Waals surface area contributed by atoms with E-state index < -0.39 is 0 Å². The molecule has 1 aromatic carbocycles. The number of nitrogens with one attached hydrogen (secondary N) is 2. The van der Waals surface area contributed by atoms with Gasteiger partial charge in [-0.25, -0.2) is 0 Å². The minimum absolute atomic E-state index is 0. The fraction of sp³-hybridized carbons (Fsp3) is 0.562. The number of fused-ring (bicyclic) bond motifs is 1. The summed E-state index contributed by atoms with van der Waals surface area (Å²) in [6.07, 6.45) is 2.66. The third kappa shape index (κ3) is 3.50. The van der Waals surface area contributed by atoms with Crippen LogP contribution in [0.25, 0.3) is 0 Å². The summed E-state index contributed by atoms with van der Waals surface area (Å²) in [5.41, 5.74) is 3.61. The molecule has 0 aliphatic carbocycles. The van der Waals surface area contributed by atoms with E-state index in [1.807, 2.05) is 6.07 Å². The number of amides is 1. The number of carbonyl (C=O) groups excluding carboxylic acids is 1. The van der Waals surface area contributed by atoms with Gasteiger partial charge in [-0.15, -0.1) is 12.4 Å². The highest BCUT2D eigenvalue weighted by Gasteiger charge is 2.29. The van der Waals surface area contributed by atoms with Gasteiger partial charge in [-0.1, -0.05) is 6.07 Å². The second kappa shape index (κ2) is 6.67. The maximum absolute atomic E-state index is 12.2. The quantitative estimate of drug-likeness (QED) is 0.896. The van der Waals surface area contributed by atoms with Crippen LogP contribution in [0, 0.1) is 13.8 Å². The van der Waals surface area contributed by atoms with Crippen molar-refractivity contribution in [3.8, 4) is 5.75 Å². The summed E-state index contributed by atoms with van der Waals surface area (Å²) < 4.78 is 5.79. The highest BCUT2D eigenvalue weighted by atomic mass is 35.5. The molecule has 2 N–H and O–H groups in total. The predicted octanol–water partition coefficient (Wildman–Crippen LogP) is 1.90. The monoisotopic (exact) mass is 310 g/mol. The third-order valence-corrected chi connectivity index (χ3v) is 4.33. The van der Waals surface area contributed by atoms with Crippen molar-refractivity contribution in [2.24, 2.45) is 0 Å². The fourth-order valence-electron chi connectivity index (χ4n) is 2.93. The van der Waals surface area contributed by atoms with E-state index in [4.69, 9.17) is 4.74 Å². The van der Waals surface area contributed by atoms with E-state index in [0.29, 0.717) is 19.0 Å². The van der Waals surface area contributed by atoms with Crippen LogP contribution in [0.3, 0.4) is 0 Å². The molecule has 2 aliphatic rings. The molecule has 2 heterocycles. The van der Waals surface area contributed by atoms with Gasteiger partial charge in [0.25, 0.3) is 5.91 Å². The van der Waals surface area contributed by atoms with Gasteiger partial charge in [0.15, 0.2) is 6.10 Å². The average molecular weight is 311 g/mol. The number of rotatable bonds is 3. The van der Waals surface area contributed by atoms with Crippen molar-refractivity contribution in [3.63, 3.8) is 0 Å². The van der Waals surface area contributed by atoms with E-state index in [1.54, 1.807) is 0 Å². The fourth-order valence-corrected chi connectivity index (χ4v) is 2.93. The zero-order chi connectivity index (χ0) is 14.1. The van der Waals surface area contributed by atoms with Crippen LogP contribution in [0.5, 0.6) is 5.75 Å². The second-order valence-corrected chi connectivity index (χ2v) is 5.89. The summed E-state index contributed by atoms with van der Waals surface area (Å²) in [5.74, 6) is 0.873. The van der Waals surface area contributed by atoms with Gasteiger partial charge < -0.3 is 15.4 Å². The second-order valence-electron chi connectivity index (χ2n) is 5.89. The minimum atomic E-state index is -0.368. The van der Waals surface area contributed by atoms with Crippen molar-refractivity contribution in [3.05, 3.63) is 28.8 Å². The first-order chi connectivity index (χ1) is 9.63. The molecule has 116 valence electrons. The number of ether oxygens (including phenoxy) is 1. The largest absolute Gasteiger partial charge is 0.480 e. The minimum Gasteiger partial charge on any atom is -0.480 e. The molecule has 0 aromatic heterocycles. The molecule has 5 heteroatoms. The Morgan fingerprint density at radius 2 is 2.14 bits per heavy atom. The van der Waals surface area contributed by atoms with Crippen LogP contribution in [0.15, 0.2) is 12.1 Å². The van der Waals surface area contributed by atoms with Gasteiger partial charge in [-0.2, -0.15) is 0 Å². The lowest BCUT2D eigenvalue weighted by Crippen LogP contribution is -2.43. The summed E-state index contributed by atoms with van der Waals surface area (Å²) in [5, 5.41) is 6.38. The first-order valence-corrected chi connectivity index (χ1v) is 7.41. The summed E-state index contributed by atoms with van der Waals surface area (Å²) in [6, 6.07) is 4.60. The summed E-state index contributed by atoms with van der Waals surface area (Å²) in [7, 11) is 0. The number of carbonyl (C=O) groups is 1. The lowest BCUT2D eigenvalue weighted by atomic mass is 10.0. The Labute approximate surface area is 132 Å². The highest BCUT2D eigenvalue weighted by Crippen LogP contribution is 2.31.